The molecule has 0 aliphatic heterocycles. The van der Waals surface area contributed by atoms with Crippen LogP contribution in [-0.2, 0) is 7.05 Å². The maximum atomic E-state index is 4.55. The van der Waals surface area contributed by atoms with Crippen molar-refractivity contribution in [3.05, 3.63) is 30.6 Å². The van der Waals surface area contributed by atoms with Crippen LogP contribution in [0.2, 0.25) is 0 Å². The van der Waals surface area contributed by atoms with Crippen LogP contribution in [0.1, 0.15) is 13.8 Å². The Kier molecular flexibility index (Phi) is 3.46. The number of nitrogens with one attached hydrogen (secondary N) is 1. The smallest absolute Gasteiger partial charge is 0.143 e. The summed E-state index contributed by atoms with van der Waals surface area (Å²) in [6, 6.07) is 6.07. The van der Waals surface area contributed by atoms with E-state index in [-0.39, 0.29) is 0 Å². The zero-order valence-corrected chi connectivity index (χ0v) is 11.2. The zero-order valence-electron chi connectivity index (χ0n) is 11.2. The van der Waals surface area contributed by atoms with Gasteiger partial charge in [-0.2, -0.15) is 0 Å². The first-order valence-corrected chi connectivity index (χ1v) is 6.18. The number of aromatic nitrogens is 3. The van der Waals surface area contributed by atoms with E-state index in [0.717, 1.165) is 27.8 Å². The molecule has 0 spiro atoms. The van der Waals surface area contributed by atoms with Gasteiger partial charge in [0, 0.05) is 37.3 Å². The summed E-state index contributed by atoms with van der Waals surface area (Å²) in [5.41, 5.74) is 2.14. The monoisotopic (exact) mass is 242 g/mol. The van der Waals surface area contributed by atoms with Crippen LogP contribution in [-0.4, -0.2) is 21.6 Å². The van der Waals surface area contributed by atoms with Gasteiger partial charge in [-0.15, -0.1) is 0 Å². The number of hydrogen-bond donors (Lipinski definition) is 1. The topological polar surface area (TPSA) is 42.7 Å². The molecule has 0 aliphatic carbocycles. The quantitative estimate of drug-likeness (QED) is 0.712. The summed E-state index contributed by atoms with van der Waals surface area (Å²) in [5.74, 6) is 0.881. The summed E-state index contributed by atoms with van der Waals surface area (Å²) in [7, 11) is 3.90. The molecule has 0 atom stereocenters. The van der Waals surface area contributed by atoms with Crippen LogP contribution >= 0.6 is 0 Å². The lowest BCUT2D eigenvalue weighted by atomic mass is 10.2. The molecule has 94 valence electrons. The van der Waals surface area contributed by atoms with Crippen molar-refractivity contribution in [3.63, 3.8) is 0 Å². The number of anilines is 1. The first-order valence-electron chi connectivity index (χ1n) is 6.18. The highest BCUT2D eigenvalue weighted by molar-refractivity contribution is 6.06. The normalized spacial score (nSPS) is 10.2. The second kappa shape index (κ2) is 5.04. The van der Waals surface area contributed by atoms with Gasteiger partial charge in [-0.1, -0.05) is 13.8 Å². The number of hydrogen-bond acceptors (Lipinski definition) is 3. The molecular formula is C14H18N4. The molecule has 0 amide bonds. The first-order chi connectivity index (χ1) is 8.81. The molecule has 3 aromatic rings. The van der Waals surface area contributed by atoms with Crippen LogP contribution in [0.25, 0.3) is 21.9 Å². The fourth-order valence-electron chi connectivity index (χ4n) is 2.05. The van der Waals surface area contributed by atoms with Crippen molar-refractivity contribution in [2.75, 3.05) is 12.4 Å². The molecule has 0 aromatic carbocycles. The van der Waals surface area contributed by atoms with Gasteiger partial charge in [-0.3, -0.25) is 4.98 Å². The lowest BCUT2D eigenvalue weighted by Crippen LogP contribution is -1.94. The van der Waals surface area contributed by atoms with Gasteiger partial charge >= 0.3 is 0 Å². The highest BCUT2D eigenvalue weighted by Crippen LogP contribution is 2.26. The number of aryl methyl sites for hydroxylation is 1. The molecule has 0 radical (unpaired) electrons. The van der Waals surface area contributed by atoms with E-state index >= 15 is 0 Å². The summed E-state index contributed by atoms with van der Waals surface area (Å²) in [4.78, 5) is 8.72. The molecule has 1 N–H and O–H groups in total. The maximum absolute atomic E-state index is 4.55. The minimum Gasteiger partial charge on any atom is -0.373 e. The molecule has 0 unspecified atom stereocenters. The predicted molar refractivity (Wildman–Crippen MR) is 76.9 cm³/mol. The Morgan fingerprint density at radius 3 is 2.61 bits per heavy atom. The molecule has 18 heavy (non-hydrogen) atoms. The highest BCUT2D eigenvalue weighted by atomic mass is 15.1. The SMILES string of the molecule is CC.CNc1ccc2c3cnccc3n(C)c2n1. The van der Waals surface area contributed by atoms with Crippen LogP contribution in [0.3, 0.4) is 0 Å². The lowest BCUT2D eigenvalue weighted by Gasteiger charge is -2.00. The number of fused-ring (bicyclic) bond motifs is 3. The average Bonchev–Trinajstić information content (AvgIpc) is 2.75. The highest BCUT2D eigenvalue weighted by Gasteiger charge is 2.08. The Balaban J connectivity index is 0.000000574. The summed E-state index contributed by atoms with van der Waals surface area (Å²) in [6.45, 7) is 4.00. The first kappa shape index (κ1) is 12.4. The summed E-state index contributed by atoms with van der Waals surface area (Å²) in [5, 5.41) is 5.34. The fourth-order valence-corrected chi connectivity index (χ4v) is 2.05. The second-order valence-electron chi connectivity index (χ2n) is 3.77. The third-order valence-corrected chi connectivity index (χ3v) is 2.90. The van der Waals surface area contributed by atoms with Crippen molar-refractivity contribution in [2.24, 2.45) is 7.05 Å². The van der Waals surface area contributed by atoms with Gasteiger partial charge in [-0.25, -0.2) is 4.98 Å². The van der Waals surface area contributed by atoms with Gasteiger partial charge in [0.2, 0.25) is 0 Å². The molecule has 0 fully saturated rings. The third-order valence-electron chi connectivity index (χ3n) is 2.90. The Bertz CT molecular complexity index is 670. The van der Waals surface area contributed by atoms with Gasteiger partial charge in [0.1, 0.15) is 11.5 Å². The Labute approximate surface area is 107 Å². The summed E-state index contributed by atoms with van der Waals surface area (Å²) >= 11 is 0. The number of pyridine rings is 2. The van der Waals surface area contributed by atoms with E-state index in [9.17, 15) is 0 Å². The summed E-state index contributed by atoms with van der Waals surface area (Å²) < 4.78 is 2.09. The van der Waals surface area contributed by atoms with E-state index in [2.05, 4.69) is 25.9 Å². The number of nitrogens with zero attached hydrogens (tertiary/aromatic N) is 3. The molecule has 3 aromatic heterocycles. The van der Waals surface area contributed by atoms with E-state index in [1.807, 2.05) is 46.3 Å². The minimum atomic E-state index is 0.881. The maximum Gasteiger partial charge on any atom is 0.143 e. The van der Waals surface area contributed by atoms with Gasteiger partial charge < -0.3 is 9.88 Å². The van der Waals surface area contributed by atoms with Gasteiger partial charge in [0.05, 0.1) is 5.52 Å². The molecule has 0 bridgehead atoms. The molecule has 3 heterocycles. The van der Waals surface area contributed by atoms with Crippen LogP contribution in [0.15, 0.2) is 30.6 Å². The van der Waals surface area contributed by atoms with Crippen molar-refractivity contribution < 1.29 is 0 Å². The van der Waals surface area contributed by atoms with E-state index < -0.39 is 0 Å². The largest absolute Gasteiger partial charge is 0.373 e. The van der Waals surface area contributed by atoms with Crippen molar-refractivity contribution in [2.45, 2.75) is 13.8 Å². The summed E-state index contributed by atoms with van der Waals surface area (Å²) in [6.07, 6.45) is 3.69. The fraction of sp³-hybridized carbons (Fsp3) is 0.286. The van der Waals surface area contributed by atoms with Crippen LogP contribution in [0.5, 0.6) is 0 Å². The van der Waals surface area contributed by atoms with Gasteiger partial charge in [-0.05, 0) is 18.2 Å². The Morgan fingerprint density at radius 2 is 1.89 bits per heavy atom. The molecule has 0 saturated carbocycles. The van der Waals surface area contributed by atoms with E-state index in [4.69, 9.17) is 0 Å². The second-order valence-corrected chi connectivity index (χ2v) is 3.77. The van der Waals surface area contributed by atoms with Crippen molar-refractivity contribution in [1.29, 1.82) is 0 Å². The molecular weight excluding hydrogens is 224 g/mol. The Morgan fingerprint density at radius 1 is 1.11 bits per heavy atom. The molecule has 4 heteroatoms. The van der Waals surface area contributed by atoms with Crippen LogP contribution < -0.4 is 5.32 Å². The van der Waals surface area contributed by atoms with E-state index in [1.54, 1.807) is 6.20 Å². The number of rotatable bonds is 1. The standard InChI is InChI=1S/C12H12N4.C2H6/c1-13-11-4-3-8-9-7-14-6-5-10(9)16(2)12(8)15-11;1-2/h3-7H,1-2H3,(H,13,15);1-2H3. The van der Waals surface area contributed by atoms with Crippen molar-refractivity contribution in [1.82, 2.24) is 14.5 Å². The van der Waals surface area contributed by atoms with E-state index in [0.29, 0.717) is 0 Å². The molecule has 0 aliphatic rings. The lowest BCUT2D eigenvalue weighted by molar-refractivity contribution is 0.988. The van der Waals surface area contributed by atoms with Crippen molar-refractivity contribution in [3.8, 4) is 0 Å². The van der Waals surface area contributed by atoms with Crippen LogP contribution in [0.4, 0.5) is 5.82 Å². The third kappa shape index (κ3) is 1.79. The molecule has 4 nitrogen and oxygen atoms in total. The average molecular weight is 242 g/mol. The molecule has 3 rings (SSSR count). The minimum absolute atomic E-state index is 0.881. The molecule has 0 saturated heterocycles. The van der Waals surface area contributed by atoms with Crippen LogP contribution in [0, 0.1) is 0 Å². The zero-order chi connectivity index (χ0) is 13.1. The van der Waals surface area contributed by atoms with Crippen molar-refractivity contribution >= 4 is 27.8 Å². The van der Waals surface area contributed by atoms with Gasteiger partial charge in [0.25, 0.3) is 0 Å². The Hall–Kier alpha value is -2.10. The van der Waals surface area contributed by atoms with E-state index in [1.165, 1.54) is 0 Å². The predicted octanol–water partition coefficient (Wildman–Crippen LogP) is 3.19. The van der Waals surface area contributed by atoms with Gasteiger partial charge in [0.15, 0.2) is 0 Å².